The molecule has 0 aromatic heterocycles. The van der Waals surface area contributed by atoms with Crippen LogP contribution in [0.5, 0.6) is 0 Å². The molecule has 12 heavy (non-hydrogen) atoms. The summed E-state index contributed by atoms with van der Waals surface area (Å²) in [6.45, 7) is 5.45. The minimum absolute atomic E-state index is 0.00814. The fourth-order valence-electron chi connectivity index (χ4n) is 1.05. The topological polar surface area (TPSA) is 54.4 Å². The van der Waals surface area contributed by atoms with E-state index in [1.165, 1.54) is 0 Å². The molecule has 0 aliphatic rings. The largest absolute Gasteiger partial charge is 0.481 e. The number of carbonyl (C=O) groups is 2. The molecule has 0 saturated carbocycles. The Morgan fingerprint density at radius 3 is 2.08 bits per heavy atom. The fraction of sp³-hybridized carbons (Fsp3) is 0.778. The molecule has 0 amide bonds. The summed E-state index contributed by atoms with van der Waals surface area (Å²) in [5.41, 5.74) is 0. The Hall–Kier alpha value is -0.860. The van der Waals surface area contributed by atoms with Crippen LogP contribution in [-0.2, 0) is 9.59 Å². The molecule has 0 spiro atoms. The lowest BCUT2D eigenvalue weighted by Gasteiger charge is -2.10. The summed E-state index contributed by atoms with van der Waals surface area (Å²) in [6.07, 6.45) is 0.534. The van der Waals surface area contributed by atoms with Crippen LogP contribution in [-0.4, -0.2) is 16.9 Å². The molecule has 0 bridgehead atoms. The van der Waals surface area contributed by atoms with Crippen molar-refractivity contribution in [1.82, 2.24) is 0 Å². The molecule has 70 valence electrons. The molecule has 0 rings (SSSR count). The minimum Gasteiger partial charge on any atom is -0.481 e. The summed E-state index contributed by atoms with van der Waals surface area (Å²) in [5.74, 6) is -0.801. The summed E-state index contributed by atoms with van der Waals surface area (Å²) in [4.78, 5) is 21.4. The Balaban J connectivity index is 3.79. The van der Waals surface area contributed by atoms with Gasteiger partial charge in [-0.15, -0.1) is 0 Å². The molecule has 1 atom stereocenters. The normalized spacial score (nSPS) is 13.0. The molecule has 0 aliphatic carbocycles. The monoisotopic (exact) mass is 172 g/mol. The zero-order valence-electron chi connectivity index (χ0n) is 7.83. The summed E-state index contributed by atoms with van der Waals surface area (Å²) in [5, 5.41) is 8.37. The fourth-order valence-corrected chi connectivity index (χ4v) is 1.05. The molecule has 1 unspecified atom stereocenters. The molecular formula is C9H16O3. The van der Waals surface area contributed by atoms with E-state index in [0.717, 1.165) is 0 Å². The molecule has 0 aromatic carbocycles. The maximum Gasteiger partial charge on any atom is 0.303 e. The predicted molar refractivity (Wildman–Crippen MR) is 45.9 cm³/mol. The zero-order chi connectivity index (χ0) is 9.72. The molecule has 0 saturated heterocycles. The average Bonchev–Trinajstić information content (AvgIpc) is 1.98. The third kappa shape index (κ3) is 4.11. The van der Waals surface area contributed by atoms with Crippen molar-refractivity contribution in [1.29, 1.82) is 0 Å². The van der Waals surface area contributed by atoms with Crippen LogP contribution in [0.2, 0.25) is 0 Å². The van der Waals surface area contributed by atoms with Crippen LogP contribution in [0, 0.1) is 11.8 Å². The molecule has 0 heterocycles. The Morgan fingerprint density at radius 2 is 1.75 bits per heavy atom. The summed E-state index contributed by atoms with van der Waals surface area (Å²) >= 11 is 0. The van der Waals surface area contributed by atoms with Gasteiger partial charge >= 0.3 is 5.97 Å². The lowest BCUT2D eigenvalue weighted by atomic mass is 9.93. The highest BCUT2D eigenvalue weighted by Crippen LogP contribution is 2.12. The van der Waals surface area contributed by atoms with E-state index < -0.39 is 5.97 Å². The van der Waals surface area contributed by atoms with Gasteiger partial charge in [0, 0.05) is 18.3 Å². The van der Waals surface area contributed by atoms with Crippen molar-refractivity contribution in [3.63, 3.8) is 0 Å². The van der Waals surface area contributed by atoms with Gasteiger partial charge in [0.2, 0.25) is 0 Å². The van der Waals surface area contributed by atoms with Gasteiger partial charge in [0.1, 0.15) is 5.78 Å². The smallest absolute Gasteiger partial charge is 0.303 e. The van der Waals surface area contributed by atoms with E-state index in [0.29, 0.717) is 6.42 Å². The molecule has 1 N–H and O–H groups in total. The van der Waals surface area contributed by atoms with Gasteiger partial charge in [-0.05, 0) is 6.42 Å². The van der Waals surface area contributed by atoms with Crippen LogP contribution in [0.15, 0.2) is 0 Å². The van der Waals surface area contributed by atoms with E-state index in [2.05, 4.69) is 0 Å². The van der Waals surface area contributed by atoms with Crippen molar-refractivity contribution >= 4 is 11.8 Å². The molecule has 0 fully saturated rings. The quantitative estimate of drug-likeness (QED) is 0.686. The van der Waals surface area contributed by atoms with E-state index in [1.54, 1.807) is 6.92 Å². The first-order valence-corrected chi connectivity index (χ1v) is 4.20. The van der Waals surface area contributed by atoms with Crippen molar-refractivity contribution in [2.24, 2.45) is 11.8 Å². The number of carbonyl (C=O) groups excluding carboxylic acids is 1. The second kappa shape index (κ2) is 4.91. The summed E-state index contributed by atoms with van der Waals surface area (Å²) in [7, 11) is 0. The zero-order valence-corrected chi connectivity index (χ0v) is 7.83. The van der Waals surface area contributed by atoms with Gasteiger partial charge in [-0.2, -0.15) is 0 Å². The molecule has 0 aliphatic heterocycles. The van der Waals surface area contributed by atoms with Crippen LogP contribution in [0.4, 0.5) is 0 Å². The maximum absolute atomic E-state index is 11.3. The van der Waals surface area contributed by atoms with Crippen molar-refractivity contribution in [2.45, 2.75) is 33.6 Å². The second-order valence-corrected chi connectivity index (χ2v) is 3.39. The van der Waals surface area contributed by atoms with E-state index in [9.17, 15) is 9.59 Å². The third-order valence-electron chi connectivity index (χ3n) is 1.85. The van der Waals surface area contributed by atoms with Gasteiger partial charge in [0.25, 0.3) is 0 Å². The van der Waals surface area contributed by atoms with Crippen molar-refractivity contribution in [2.75, 3.05) is 0 Å². The second-order valence-electron chi connectivity index (χ2n) is 3.39. The maximum atomic E-state index is 11.3. The number of hydrogen-bond acceptors (Lipinski definition) is 2. The van der Waals surface area contributed by atoms with Crippen LogP contribution >= 0.6 is 0 Å². The van der Waals surface area contributed by atoms with Gasteiger partial charge in [-0.25, -0.2) is 0 Å². The van der Waals surface area contributed by atoms with E-state index in [-0.39, 0.29) is 24.0 Å². The average molecular weight is 172 g/mol. The number of hydrogen-bond donors (Lipinski definition) is 1. The standard InChI is InChI=1S/C9H16O3/c1-6(2)9(12)7(3)4-5-8(10)11/h6-7H,4-5H2,1-3H3,(H,10,11). The van der Waals surface area contributed by atoms with Gasteiger partial charge in [0.05, 0.1) is 0 Å². The highest BCUT2D eigenvalue weighted by Gasteiger charge is 2.16. The summed E-state index contributed by atoms with van der Waals surface area (Å²) < 4.78 is 0. The number of aliphatic carboxylic acids is 1. The van der Waals surface area contributed by atoms with Gasteiger partial charge < -0.3 is 5.11 Å². The van der Waals surface area contributed by atoms with Gasteiger partial charge in [0.15, 0.2) is 0 Å². The van der Waals surface area contributed by atoms with Gasteiger partial charge in [-0.3, -0.25) is 9.59 Å². The highest BCUT2D eigenvalue weighted by atomic mass is 16.4. The van der Waals surface area contributed by atoms with Crippen LogP contribution < -0.4 is 0 Å². The Bertz CT molecular complexity index is 173. The first kappa shape index (κ1) is 11.1. The predicted octanol–water partition coefficient (Wildman–Crippen LogP) is 1.71. The van der Waals surface area contributed by atoms with Crippen molar-refractivity contribution in [3.05, 3.63) is 0 Å². The molecular weight excluding hydrogens is 156 g/mol. The first-order valence-electron chi connectivity index (χ1n) is 4.20. The Kier molecular flexibility index (Phi) is 4.55. The number of Topliss-reactive ketones (excluding diaryl/α,β-unsaturated/α-hetero) is 1. The van der Waals surface area contributed by atoms with Crippen LogP contribution in [0.1, 0.15) is 33.6 Å². The Morgan fingerprint density at radius 1 is 1.25 bits per heavy atom. The van der Waals surface area contributed by atoms with Crippen molar-refractivity contribution < 1.29 is 14.7 Å². The lowest BCUT2D eigenvalue weighted by Crippen LogP contribution is -2.17. The first-order chi connectivity index (χ1) is 5.45. The Labute approximate surface area is 72.8 Å². The third-order valence-corrected chi connectivity index (χ3v) is 1.85. The lowest BCUT2D eigenvalue weighted by molar-refractivity contribution is -0.137. The number of rotatable bonds is 5. The van der Waals surface area contributed by atoms with E-state index >= 15 is 0 Å². The number of ketones is 1. The highest BCUT2D eigenvalue weighted by molar-refractivity contribution is 5.82. The van der Waals surface area contributed by atoms with E-state index in [4.69, 9.17) is 5.11 Å². The minimum atomic E-state index is -0.835. The molecule has 0 aromatic rings. The van der Waals surface area contributed by atoms with Gasteiger partial charge in [-0.1, -0.05) is 20.8 Å². The van der Waals surface area contributed by atoms with Crippen LogP contribution in [0.3, 0.4) is 0 Å². The number of carboxylic acid groups (broad SMARTS) is 1. The van der Waals surface area contributed by atoms with E-state index in [1.807, 2.05) is 13.8 Å². The molecule has 3 nitrogen and oxygen atoms in total. The summed E-state index contributed by atoms with van der Waals surface area (Å²) in [6, 6.07) is 0. The van der Waals surface area contributed by atoms with Crippen LogP contribution in [0.25, 0.3) is 0 Å². The number of carboxylic acids is 1. The van der Waals surface area contributed by atoms with Crippen molar-refractivity contribution in [3.8, 4) is 0 Å². The molecule has 3 heteroatoms. The molecule has 0 radical (unpaired) electrons. The SMILES string of the molecule is CC(C)C(=O)C(C)CCC(=O)O.